The van der Waals surface area contributed by atoms with E-state index < -0.39 is 11.9 Å². The number of hydrogen-bond donors (Lipinski definition) is 1. The molecule has 1 N–H and O–H groups in total. The molecule has 3 rings (SSSR count). The van der Waals surface area contributed by atoms with Crippen LogP contribution in [0.5, 0.6) is 0 Å². The molecule has 0 radical (unpaired) electrons. The first kappa shape index (κ1) is 17.8. The summed E-state index contributed by atoms with van der Waals surface area (Å²) in [6.45, 7) is 2.39. The first-order valence-corrected chi connectivity index (χ1v) is 8.68. The van der Waals surface area contributed by atoms with E-state index in [0.717, 1.165) is 12.8 Å². The van der Waals surface area contributed by atoms with E-state index in [1.54, 1.807) is 18.2 Å². The molecule has 0 saturated carbocycles. The van der Waals surface area contributed by atoms with Crippen molar-refractivity contribution in [2.75, 3.05) is 32.9 Å². The molecule has 2 fully saturated rings. The lowest BCUT2D eigenvalue weighted by molar-refractivity contribution is -0.145. The van der Waals surface area contributed by atoms with Gasteiger partial charge >= 0.3 is 0 Å². The average molecular weight is 350 g/mol. The number of piperazine rings is 1. The van der Waals surface area contributed by atoms with Gasteiger partial charge in [-0.3, -0.25) is 9.59 Å². The highest BCUT2D eigenvalue weighted by Gasteiger charge is 2.35. The van der Waals surface area contributed by atoms with Crippen LogP contribution in [0.25, 0.3) is 0 Å². The molecule has 1 unspecified atom stereocenters. The zero-order valence-electron chi connectivity index (χ0n) is 14.1. The fourth-order valence-electron chi connectivity index (χ4n) is 3.24. The number of nitrogens with one attached hydrogen (secondary N) is 1. The predicted octanol–water partition coefficient (Wildman–Crippen LogP) is 1.41. The van der Waals surface area contributed by atoms with Crippen molar-refractivity contribution in [2.24, 2.45) is 0 Å². The quantitative estimate of drug-likeness (QED) is 0.872. The predicted molar refractivity (Wildman–Crippen MR) is 88.3 cm³/mol. The van der Waals surface area contributed by atoms with Gasteiger partial charge in [-0.2, -0.15) is 0 Å². The third kappa shape index (κ3) is 4.35. The van der Waals surface area contributed by atoms with Crippen LogP contribution < -0.4 is 5.32 Å². The number of ether oxygens (including phenoxy) is 2. The van der Waals surface area contributed by atoms with E-state index in [9.17, 15) is 14.0 Å². The first-order chi connectivity index (χ1) is 12.2. The molecule has 1 aromatic rings. The Morgan fingerprint density at radius 2 is 2.08 bits per heavy atom. The summed E-state index contributed by atoms with van der Waals surface area (Å²) in [5.74, 6) is -1.04. The van der Waals surface area contributed by atoms with Crippen LogP contribution in [-0.4, -0.2) is 55.7 Å². The minimum atomic E-state index is -0.925. The number of nitrogens with zero attached hydrogens (tertiary/aromatic N) is 1. The smallest absolute Gasteiger partial charge is 0.247 e. The normalized spacial score (nSPS) is 21.9. The van der Waals surface area contributed by atoms with E-state index >= 15 is 0 Å². The Morgan fingerprint density at radius 3 is 2.84 bits per heavy atom. The highest BCUT2D eigenvalue weighted by atomic mass is 19.1. The molecule has 2 aliphatic heterocycles. The largest absolute Gasteiger partial charge is 0.381 e. The van der Waals surface area contributed by atoms with Crippen molar-refractivity contribution in [1.82, 2.24) is 10.2 Å². The second-order valence-electron chi connectivity index (χ2n) is 6.23. The van der Waals surface area contributed by atoms with Crippen molar-refractivity contribution in [3.05, 3.63) is 35.6 Å². The number of halogens is 1. The van der Waals surface area contributed by atoms with Crippen molar-refractivity contribution in [3.63, 3.8) is 0 Å². The van der Waals surface area contributed by atoms with Gasteiger partial charge in [0.25, 0.3) is 0 Å². The molecule has 1 aromatic carbocycles. The second-order valence-corrected chi connectivity index (χ2v) is 6.23. The number of amides is 2. The van der Waals surface area contributed by atoms with Gasteiger partial charge in [0.05, 0.1) is 19.1 Å². The molecule has 1 atom stereocenters. The Balaban J connectivity index is 1.62. The molecule has 25 heavy (non-hydrogen) atoms. The van der Waals surface area contributed by atoms with Crippen molar-refractivity contribution in [1.29, 1.82) is 0 Å². The average Bonchev–Trinajstić information content (AvgIpc) is 2.63. The molecule has 136 valence electrons. The van der Waals surface area contributed by atoms with Crippen LogP contribution in [0.15, 0.2) is 24.3 Å². The molecule has 2 heterocycles. The summed E-state index contributed by atoms with van der Waals surface area (Å²) in [6.07, 6.45) is 1.96. The highest BCUT2D eigenvalue weighted by molar-refractivity contribution is 5.89. The highest BCUT2D eigenvalue weighted by Crippen LogP contribution is 2.26. The van der Waals surface area contributed by atoms with E-state index in [-0.39, 0.29) is 29.9 Å². The lowest BCUT2D eigenvalue weighted by Gasteiger charge is -2.35. The summed E-state index contributed by atoms with van der Waals surface area (Å²) in [7, 11) is 0. The van der Waals surface area contributed by atoms with Gasteiger partial charge in [-0.05, 0) is 18.9 Å². The standard InChI is InChI=1S/C18H23FN2O4/c19-15-4-2-1-3-14(15)17-18(23)20-8-9-21(17)16(22)7-12-25-13-5-10-24-11-6-13/h1-4,13,17H,5-12H2,(H,20,23). The summed E-state index contributed by atoms with van der Waals surface area (Å²) in [6, 6.07) is 5.15. The van der Waals surface area contributed by atoms with Crippen molar-refractivity contribution >= 4 is 11.8 Å². The zero-order chi connectivity index (χ0) is 17.6. The van der Waals surface area contributed by atoms with Gasteiger partial charge in [-0.15, -0.1) is 0 Å². The van der Waals surface area contributed by atoms with Crippen molar-refractivity contribution in [3.8, 4) is 0 Å². The van der Waals surface area contributed by atoms with Crippen LogP contribution >= 0.6 is 0 Å². The number of rotatable bonds is 5. The van der Waals surface area contributed by atoms with Gasteiger partial charge in [0.15, 0.2) is 0 Å². The lowest BCUT2D eigenvalue weighted by atomic mass is 10.0. The van der Waals surface area contributed by atoms with Gasteiger partial charge in [-0.25, -0.2) is 4.39 Å². The Morgan fingerprint density at radius 1 is 1.32 bits per heavy atom. The van der Waals surface area contributed by atoms with Crippen LogP contribution in [0.4, 0.5) is 4.39 Å². The molecular formula is C18H23FN2O4. The van der Waals surface area contributed by atoms with Gasteiger partial charge < -0.3 is 19.7 Å². The molecule has 0 aliphatic carbocycles. The molecule has 2 amide bonds. The van der Waals surface area contributed by atoms with Crippen LogP contribution in [-0.2, 0) is 19.1 Å². The molecule has 2 saturated heterocycles. The van der Waals surface area contributed by atoms with Crippen LogP contribution in [0.3, 0.4) is 0 Å². The third-order valence-electron chi connectivity index (χ3n) is 4.57. The fourth-order valence-corrected chi connectivity index (χ4v) is 3.24. The van der Waals surface area contributed by atoms with E-state index in [4.69, 9.17) is 9.47 Å². The SMILES string of the molecule is O=C1NCCN(C(=O)CCOC2CCOCC2)C1c1ccccc1F. The monoisotopic (exact) mass is 350 g/mol. The Kier molecular flexibility index (Phi) is 5.99. The first-order valence-electron chi connectivity index (χ1n) is 8.68. The number of carbonyl (C=O) groups is 2. The maximum Gasteiger partial charge on any atom is 0.247 e. The van der Waals surface area contributed by atoms with Gasteiger partial charge in [0.1, 0.15) is 11.9 Å². The number of carbonyl (C=O) groups excluding carboxylic acids is 2. The number of hydrogen-bond acceptors (Lipinski definition) is 4. The molecular weight excluding hydrogens is 327 g/mol. The molecule has 6 nitrogen and oxygen atoms in total. The van der Waals surface area contributed by atoms with Crippen LogP contribution in [0.2, 0.25) is 0 Å². The topological polar surface area (TPSA) is 67.9 Å². The molecule has 0 spiro atoms. The number of benzene rings is 1. The van der Waals surface area contributed by atoms with E-state index in [2.05, 4.69) is 5.32 Å². The van der Waals surface area contributed by atoms with Crippen molar-refractivity contribution < 1.29 is 23.5 Å². The summed E-state index contributed by atoms with van der Waals surface area (Å²) in [5.41, 5.74) is 0.221. The minimum absolute atomic E-state index is 0.119. The molecule has 0 aromatic heterocycles. The Labute approximate surface area is 146 Å². The molecule has 0 bridgehead atoms. The summed E-state index contributed by atoms with van der Waals surface area (Å²) >= 11 is 0. The van der Waals surface area contributed by atoms with E-state index in [1.165, 1.54) is 11.0 Å². The maximum absolute atomic E-state index is 14.1. The van der Waals surface area contributed by atoms with Gasteiger partial charge in [-0.1, -0.05) is 18.2 Å². The Hall–Kier alpha value is -1.99. The Bertz CT molecular complexity index is 619. The van der Waals surface area contributed by atoms with Crippen LogP contribution in [0, 0.1) is 5.82 Å². The molecule has 7 heteroatoms. The fraction of sp³-hybridized carbons (Fsp3) is 0.556. The minimum Gasteiger partial charge on any atom is -0.381 e. The van der Waals surface area contributed by atoms with Gasteiger partial charge in [0, 0.05) is 31.9 Å². The molecule has 2 aliphatic rings. The summed E-state index contributed by atoms with van der Waals surface area (Å²) in [4.78, 5) is 26.3. The van der Waals surface area contributed by atoms with Crippen molar-refractivity contribution in [2.45, 2.75) is 31.4 Å². The third-order valence-corrected chi connectivity index (χ3v) is 4.57. The lowest BCUT2D eigenvalue weighted by Crippen LogP contribution is -2.52. The summed E-state index contributed by atoms with van der Waals surface area (Å²) < 4.78 is 25.1. The summed E-state index contributed by atoms with van der Waals surface area (Å²) in [5, 5.41) is 2.71. The van der Waals surface area contributed by atoms with E-state index in [1.807, 2.05) is 0 Å². The maximum atomic E-state index is 14.1. The van der Waals surface area contributed by atoms with E-state index in [0.29, 0.717) is 32.9 Å². The van der Waals surface area contributed by atoms with Crippen LogP contribution in [0.1, 0.15) is 30.9 Å². The second kappa shape index (κ2) is 8.40. The van der Waals surface area contributed by atoms with Gasteiger partial charge in [0.2, 0.25) is 11.8 Å². The zero-order valence-corrected chi connectivity index (χ0v) is 14.1.